The summed E-state index contributed by atoms with van der Waals surface area (Å²) in [5, 5.41) is 6.84. The van der Waals surface area contributed by atoms with Crippen molar-refractivity contribution in [3.8, 4) is 0 Å². The number of aryl methyl sites for hydroxylation is 2. The quantitative estimate of drug-likeness (QED) is 0.502. The lowest BCUT2D eigenvalue weighted by Gasteiger charge is -2.16. The first-order valence-corrected chi connectivity index (χ1v) is 8.78. The molecule has 1 atom stereocenters. The number of pyridine rings is 1. The lowest BCUT2D eigenvalue weighted by atomic mass is 10.1. The molecule has 4 aromatic rings. The minimum atomic E-state index is 0.202. The zero-order valence-corrected chi connectivity index (χ0v) is 15.3. The van der Waals surface area contributed by atoms with Gasteiger partial charge in [0.05, 0.1) is 11.2 Å². The van der Waals surface area contributed by atoms with E-state index in [0.29, 0.717) is 0 Å². The van der Waals surface area contributed by atoms with Crippen molar-refractivity contribution >= 4 is 39.1 Å². The lowest BCUT2D eigenvalue weighted by Crippen LogP contribution is -2.06. The monoisotopic (exact) mass is 349 g/mol. The Morgan fingerprint density at radius 3 is 2.56 bits per heavy atom. The molecule has 0 spiro atoms. The summed E-state index contributed by atoms with van der Waals surface area (Å²) >= 11 is 5.98. The fourth-order valence-corrected chi connectivity index (χ4v) is 3.66. The molecular weight excluding hydrogens is 330 g/mol. The van der Waals surface area contributed by atoms with E-state index in [9.17, 15) is 0 Å². The number of halogens is 1. The van der Waals surface area contributed by atoms with Crippen LogP contribution < -0.4 is 5.32 Å². The standard InChI is InChI=1S/C21H20ClN3/c1-13(15-4-6-16(22)7-5-15)24-17-8-9-20-19(12-17)18-10-11-23-14(2)21(18)25(20)3/h4-13,24H,1-3H3. The zero-order chi connectivity index (χ0) is 17.6. The van der Waals surface area contributed by atoms with Crippen LogP contribution in [0.3, 0.4) is 0 Å². The van der Waals surface area contributed by atoms with Gasteiger partial charge < -0.3 is 9.88 Å². The van der Waals surface area contributed by atoms with E-state index in [1.54, 1.807) is 0 Å². The van der Waals surface area contributed by atoms with Gasteiger partial charge in [-0.1, -0.05) is 23.7 Å². The molecule has 0 fully saturated rings. The van der Waals surface area contributed by atoms with Crippen molar-refractivity contribution < 1.29 is 0 Å². The van der Waals surface area contributed by atoms with Crippen LogP contribution in [0, 0.1) is 6.92 Å². The SMILES string of the molecule is Cc1nccc2c3cc(NC(C)c4ccc(Cl)cc4)ccc3n(C)c12. The maximum atomic E-state index is 5.98. The normalized spacial score (nSPS) is 12.6. The lowest BCUT2D eigenvalue weighted by molar-refractivity contribution is 0.885. The van der Waals surface area contributed by atoms with Gasteiger partial charge in [-0.2, -0.15) is 0 Å². The molecule has 2 aromatic carbocycles. The van der Waals surface area contributed by atoms with E-state index < -0.39 is 0 Å². The number of benzene rings is 2. The second-order valence-electron chi connectivity index (χ2n) is 6.50. The van der Waals surface area contributed by atoms with Gasteiger partial charge >= 0.3 is 0 Å². The number of nitrogens with zero attached hydrogens (tertiary/aromatic N) is 2. The first-order valence-electron chi connectivity index (χ1n) is 8.40. The summed E-state index contributed by atoms with van der Waals surface area (Å²) in [5.41, 5.74) is 5.79. The second-order valence-corrected chi connectivity index (χ2v) is 6.94. The van der Waals surface area contributed by atoms with E-state index in [-0.39, 0.29) is 6.04 Å². The van der Waals surface area contributed by atoms with Crippen LogP contribution in [0.5, 0.6) is 0 Å². The van der Waals surface area contributed by atoms with Crippen LogP contribution in [0.1, 0.15) is 24.2 Å². The van der Waals surface area contributed by atoms with Crippen molar-refractivity contribution in [2.75, 3.05) is 5.32 Å². The van der Waals surface area contributed by atoms with Crippen molar-refractivity contribution in [2.24, 2.45) is 7.05 Å². The van der Waals surface area contributed by atoms with Gasteiger partial charge in [-0.25, -0.2) is 0 Å². The van der Waals surface area contributed by atoms with Gasteiger partial charge in [0.2, 0.25) is 0 Å². The highest BCUT2D eigenvalue weighted by Crippen LogP contribution is 2.32. The van der Waals surface area contributed by atoms with Crippen LogP contribution in [0.25, 0.3) is 21.8 Å². The Labute approximate surface area is 152 Å². The summed E-state index contributed by atoms with van der Waals surface area (Å²) in [6, 6.07) is 16.8. The summed E-state index contributed by atoms with van der Waals surface area (Å²) in [4.78, 5) is 4.43. The number of hydrogen-bond donors (Lipinski definition) is 1. The molecule has 0 aliphatic heterocycles. The summed E-state index contributed by atoms with van der Waals surface area (Å²) in [7, 11) is 2.10. The van der Waals surface area contributed by atoms with Gasteiger partial charge in [0.1, 0.15) is 0 Å². The van der Waals surface area contributed by atoms with Crippen LogP contribution in [-0.4, -0.2) is 9.55 Å². The van der Waals surface area contributed by atoms with Crippen LogP contribution in [-0.2, 0) is 7.05 Å². The highest BCUT2D eigenvalue weighted by molar-refractivity contribution is 6.30. The molecule has 3 nitrogen and oxygen atoms in total. The first kappa shape index (κ1) is 16.0. The van der Waals surface area contributed by atoms with Gasteiger partial charge in [0.15, 0.2) is 0 Å². The molecule has 0 bridgehead atoms. The molecule has 0 aliphatic rings. The highest BCUT2D eigenvalue weighted by atomic mass is 35.5. The highest BCUT2D eigenvalue weighted by Gasteiger charge is 2.12. The van der Waals surface area contributed by atoms with E-state index in [1.807, 2.05) is 18.3 Å². The number of hydrogen-bond acceptors (Lipinski definition) is 2. The van der Waals surface area contributed by atoms with Crippen molar-refractivity contribution in [3.05, 3.63) is 71.0 Å². The molecule has 0 radical (unpaired) electrons. The van der Waals surface area contributed by atoms with E-state index >= 15 is 0 Å². The molecule has 2 aromatic heterocycles. The molecule has 4 heteroatoms. The number of nitrogens with one attached hydrogen (secondary N) is 1. The number of anilines is 1. The Morgan fingerprint density at radius 1 is 1.04 bits per heavy atom. The Hall–Kier alpha value is -2.52. The van der Waals surface area contributed by atoms with E-state index in [4.69, 9.17) is 11.6 Å². The molecule has 0 amide bonds. The van der Waals surface area contributed by atoms with Gasteiger partial charge in [0, 0.05) is 46.3 Å². The maximum absolute atomic E-state index is 5.98. The van der Waals surface area contributed by atoms with Crippen LogP contribution in [0.15, 0.2) is 54.7 Å². The second kappa shape index (κ2) is 6.08. The minimum Gasteiger partial charge on any atom is -0.379 e. The summed E-state index contributed by atoms with van der Waals surface area (Å²) in [6.45, 7) is 4.22. The average Bonchev–Trinajstić information content (AvgIpc) is 2.89. The van der Waals surface area contributed by atoms with Crippen molar-refractivity contribution in [2.45, 2.75) is 19.9 Å². The molecular formula is C21H20ClN3. The third-order valence-electron chi connectivity index (χ3n) is 4.84. The maximum Gasteiger partial charge on any atom is 0.0704 e. The predicted octanol–water partition coefficient (Wildman–Crippen LogP) is 5.86. The number of aromatic nitrogens is 2. The third-order valence-corrected chi connectivity index (χ3v) is 5.10. The predicted molar refractivity (Wildman–Crippen MR) is 106 cm³/mol. The van der Waals surface area contributed by atoms with Crippen molar-refractivity contribution in [1.29, 1.82) is 0 Å². The van der Waals surface area contributed by atoms with E-state index in [0.717, 1.165) is 16.4 Å². The molecule has 25 heavy (non-hydrogen) atoms. The topological polar surface area (TPSA) is 29.9 Å². The largest absolute Gasteiger partial charge is 0.379 e. The Bertz CT molecular complexity index is 1060. The molecule has 126 valence electrons. The van der Waals surface area contributed by atoms with Crippen LogP contribution >= 0.6 is 11.6 Å². The minimum absolute atomic E-state index is 0.202. The van der Waals surface area contributed by atoms with Gasteiger partial charge in [-0.15, -0.1) is 0 Å². The molecule has 4 rings (SSSR count). The van der Waals surface area contributed by atoms with Gasteiger partial charge in [-0.3, -0.25) is 4.98 Å². The third kappa shape index (κ3) is 2.75. The fourth-order valence-electron chi connectivity index (χ4n) is 3.54. The molecule has 0 aliphatic carbocycles. The fraction of sp³-hybridized carbons (Fsp3) is 0.190. The molecule has 0 saturated carbocycles. The smallest absolute Gasteiger partial charge is 0.0704 e. The van der Waals surface area contributed by atoms with Crippen molar-refractivity contribution in [1.82, 2.24) is 9.55 Å². The summed E-state index contributed by atoms with van der Waals surface area (Å²) < 4.78 is 2.22. The molecule has 2 heterocycles. The van der Waals surface area contributed by atoms with Crippen LogP contribution in [0.4, 0.5) is 5.69 Å². The molecule has 1 N–H and O–H groups in total. The summed E-state index contributed by atoms with van der Waals surface area (Å²) in [6.07, 6.45) is 1.88. The summed E-state index contributed by atoms with van der Waals surface area (Å²) in [5.74, 6) is 0. The Balaban J connectivity index is 1.75. The van der Waals surface area contributed by atoms with Crippen molar-refractivity contribution in [3.63, 3.8) is 0 Å². The molecule has 0 saturated heterocycles. The van der Waals surface area contributed by atoms with Crippen LogP contribution in [0.2, 0.25) is 5.02 Å². The number of fused-ring (bicyclic) bond motifs is 3. The Morgan fingerprint density at radius 2 is 1.80 bits per heavy atom. The number of rotatable bonds is 3. The first-order chi connectivity index (χ1) is 12.0. The van der Waals surface area contributed by atoms with Gasteiger partial charge in [0.25, 0.3) is 0 Å². The average molecular weight is 350 g/mol. The van der Waals surface area contributed by atoms with E-state index in [1.165, 1.54) is 27.4 Å². The van der Waals surface area contributed by atoms with Gasteiger partial charge in [-0.05, 0) is 55.8 Å². The Kier molecular flexibility index (Phi) is 3.89. The zero-order valence-electron chi connectivity index (χ0n) is 14.5. The molecule has 1 unspecified atom stereocenters. The van der Waals surface area contributed by atoms with E-state index in [2.05, 4.69) is 72.2 Å².